The number of phosphoric ester groups is 1. The molecule has 1 aliphatic carbocycles. The molecule has 10 atom stereocenters. The maximum absolute atomic E-state index is 14.7. The summed E-state index contributed by atoms with van der Waals surface area (Å²) in [6.45, 7) is 4.29. The van der Waals surface area contributed by atoms with Crippen LogP contribution in [-0.4, -0.2) is 81.7 Å². The van der Waals surface area contributed by atoms with Crippen LogP contribution in [0, 0.1) is 25.7 Å². The second-order valence-electron chi connectivity index (χ2n) is 16.4. The highest BCUT2D eigenvalue weighted by Gasteiger charge is 2.76. The van der Waals surface area contributed by atoms with E-state index in [1.54, 1.807) is 21.1 Å². The molecule has 0 spiro atoms. The van der Waals surface area contributed by atoms with E-state index >= 15 is 0 Å². The topological polar surface area (TPSA) is 221 Å². The SMILES string of the molecule is COc1ccc(C(OC[C@]23O[C@@H](n4cc(C)c(=O)[nH]c4=O)[C@@H]4[C@H](C)[C@H]2O[P@@](=O)(OC[C@H]2O[C@@H](n5cc(C)c(=O)[nH]c5=O)C[C@@H]2O)O[C@@H]43)(c2ccccc2)c2ccc(OC)cc2)cc1. The van der Waals surface area contributed by atoms with Gasteiger partial charge in [-0.1, -0.05) is 61.5 Å². The summed E-state index contributed by atoms with van der Waals surface area (Å²) in [5.74, 6) is 0.0894. The Hall–Kier alpha value is -5.43. The number of nitrogens with one attached hydrogen (secondary N) is 2. The Morgan fingerprint density at radius 3 is 1.92 bits per heavy atom. The first-order chi connectivity index (χ1) is 30.2. The summed E-state index contributed by atoms with van der Waals surface area (Å²) in [6, 6.07) is 24.6. The van der Waals surface area contributed by atoms with Crippen LogP contribution < -0.4 is 32.0 Å². The molecule has 4 aliphatic rings. The van der Waals surface area contributed by atoms with Crippen molar-refractivity contribution < 1.29 is 46.9 Å². The molecule has 5 aromatic rings. The van der Waals surface area contributed by atoms with Crippen LogP contribution in [0.15, 0.2) is 110 Å². The fourth-order valence-corrected chi connectivity index (χ4v) is 11.2. The molecule has 0 radical (unpaired) electrons. The molecule has 63 heavy (non-hydrogen) atoms. The lowest BCUT2D eigenvalue weighted by atomic mass is 9.79. The van der Waals surface area contributed by atoms with Gasteiger partial charge in [0.1, 0.15) is 53.5 Å². The summed E-state index contributed by atoms with van der Waals surface area (Å²) in [7, 11) is -1.33. The number of aryl methyl sites for hydroxylation is 2. The fourth-order valence-electron chi connectivity index (χ4n) is 9.48. The van der Waals surface area contributed by atoms with Gasteiger partial charge in [-0.05, 0) is 60.7 Å². The van der Waals surface area contributed by atoms with Crippen molar-refractivity contribution in [3.05, 3.63) is 161 Å². The molecule has 18 nitrogen and oxygen atoms in total. The molecule has 0 amide bonds. The molecule has 3 aromatic carbocycles. The van der Waals surface area contributed by atoms with Crippen molar-refractivity contribution in [1.29, 1.82) is 0 Å². The molecule has 9 rings (SSSR count). The predicted octanol–water partition coefficient (Wildman–Crippen LogP) is 3.82. The quantitative estimate of drug-likeness (QED) is 0.113. The number of nitrogens with zero attached hydrogens (tertiary/aromatic N) is 2. The highest BCUT2D eigenvalue weighted by molar-refractivity contribution is 7.48. The highest BCUT2D eigenvalue weighted by Crippen LogP contribution is 2.70. The lowest BCUT2D eigenvalue weighted by Crippen LogP contribution is -2.57. The molecule has 4 bridgehead atoms. The van der Waals surface area contributed by atoms with Crippen molar-refractivity contribution >= 4 is 7.82 Å². The van der Waals surface area contributed by atoms with E-state index in [0.29, 0.717) is 11.5 Å². The second kappa shape index (κ2) is 16.3. The van der Waals surface area contributed by atoms with Crippen LogP contribution in [0.2, 0.25) is 0 Å². The van der Waals surface area contributed by atoms with E-state index in [0.717, 1.165) is 16.7 Å². The number of hydrogen-bond donors (Lipinski definition) is 3. The number of phosphoric acid groups is 1. The Labute approximate surface area is 359 Å². The number of ether oxygens (including phenoxy) is 5. The van der Waals surface area contributed by atoms with Gasteiger partial charge in [-0.3, -0.25) is 42.3 Å². The summed E-state index contributed by atoms with van der Waals surface area (Å²) in [6.07, 6.45) is -3.52. The van der Waals surface area contributed by atoms with Gasteiger partial charge in [0.25, 0.3) is 11.1 Å². The van der Waals surface area contributed by atoms with Gasteiger partial charge < -0.3 is 28.8 Å². The van der Waals surface area contributed by atoms with Gasteiger partial charge in [-0.15, -0.1) is 0 Å². The Bertz CT molecular complexity index is 2740. The van der Waals surface area contributed by atoms with E-state index in [2.05, 4.69) is 9.97 Å². The third-order valence-electron chi connectivity index (χ3n) is 12.7. The number of rotatable bonds is 13. The molecule has 4 fully saturated rings. The molecule has 5 heterocycles. The molecule has 3 saturated heterocycles. The molecular weight excluding hydrogens is 839 g/mol. The summed E-state index contributed by atoms with van der Waals surface area (Å²) >= 11 is 0. The second-order valence-corrected chi connectivity index (χ2v) is 18.0. The zero-order valence-corrected chi connectivity index (χ0v) is 35.9. The maximum Gasteiger partial charge on any atom is 0.475 e. The van der Waals surface area contributed by atoms with Crippen molar-refractivity contribution in [3.63, 3.8) is 0 Å². The van der Waals surface area contributed by atoms with Crippen molar-refractivity contribution in [1.82, 2.24) is 19.1 Å². The van der Waals surface area contributed by atoms with E-state index in [1.165, 1.54) is 28.5 Å². The summed E-state index contributed by atoms with van der Waals surface area (Å²) in [5, 5.41) is 11.0. The van der Waals surface area contributed by atoms with Crippen LogP contribution >= 0.6 is 7.82 Å². The van der Waals surface area contributed by atoms with Crippen LogP contribution in [0.5, 0.6) is 11.5 Å². The number of benzene rings is 3. The fraction of sp³-hybridized carbons (Fsp3) is 0.409. The summed E-state index contributed by atoms with van der Waals surface area (Å²) in [4.78, 5) is 55.2. The van der Waals surface area contributed by atoms with Crippen LogP contribution in [0.3, 0.4) is 0 Å². The van der Waals surface area contributed by atoms with Crippen molar-refractivity contribution in [3.8, 4) is 11.5 Å². The molecule has 0 unspecified atom stereocenters. The Balaban J connectivity index is 1.08. The van der Waals surface area contributed by atoms with Crippen LogP contribution in [0.25, 0.3) is 0 Å². The van der Waals surface area contributed by atoms with Gasteiger partial charge in [0.15, 0.2) is 0 Å². The number of methoxy groups -OCH3 is 2. The average Bonchev–Trinajstić information content (AvgIpc) is 3.85. The highest BCUT2D eigenvalue weighted by atomic mass is 31.2. The largest absolute Gasteiger partial charge is 0.497 e. The normalized spacial score (nSPS) is 29.8. The lowest BCUT2D eigenvalue weighted by Gasteiger charge is -2.46. The van der Waals surface area contributed by atoms with Crippen LogP contribution in [-0.2, 0) is 37.9 Å². The van der Waals surface area contributed by atoms with Gasteiger partial charge in [0.05, 0.1) is 33.5 Å². The number of aromatic amines is 2. The lowest BCUT2D eigenvalue weighted by molar-refractivity contribution is -0.231. The number of aliphatic hydroxyl groups excluding tert-OH is 1. The summed E-state index contributed by atoms with van der Waals surface area (Å²) < 4.78 is 67.2. The van der Waals surface area contributed by atoms with Crippen molar-refractivity contribution in [2.24, 2.45) is 11.8 Å². The van der Waals surface area contributed by atoms with Gasteiger partial charge in [-0.2, -0.15) is 0 Å². The number of aromatic nitrogens is 4. The first-order valence-electron chi connectivity index (χ1n) is 20.5. The third-order valence-corrected chi connectivity index (χ3v) is 14.2. The molecular formula is C44H47N4O14P. The smallest absolute Gasteiger partial charge is 0.475 e. The molecule has 332 valence electrons. The monoisotopic (exact) mass is 886 g/mol. The van der Waals surface area contributed by atoms with E-state index in [9.17, 15) is 28.8 Å². The maximum atomic E-state index is 14.7. The third kappa shape index (κ3) is 7.24. The molecule has 2 aromatic heterocycles. The molecule has 3 aliphatic heterocycles. The van der Waals surface area contributed by atoms with Gasteiger partial charge in [0, 0.05) is 35.9 Å². The zero-order valence-electron chi connectivity index (χ0n) is 35.0. The first kappa shape index (κ1) is 42.9. The van der Waals surface area contributed by atoms with Crippen molar-refractivity contribution in [2.45, 2.75) is 75.3 Å². The van der Waals surface area contributed by atoms with E-state index in [-0.39, 0.29) is 24.2 Å². The zero-order chi connectivity index (χ0) is 44.4. The van der Waals surface area contributed by atoms with E-state index < -0.39 is 96.8 Å². The van der Waals surface area contributed by atoms with Gasteiger partial charge in [0.2, 0.25) is 0 Å². The van der Waals surface area contributed by atoms with Gasteiger partial charge in [-0.25, -0.2) is 14.2 Å². The number of hydrogen-bond acceptors (Lipinski definition) is 14. The molecule has 19 heteroatoms. The minimum atomic E-state index is -4.49. The van der Waals surface area contributed by atoms with E-state index in [4.69, 9.17) is 37.3 Å². The molecule has 3 N–H and O–H groups in total. The Kier molecular flexibility index (Phi) is 11.1. The number of aliphatic hydroxyl groups is 1. The van der Waals surface area contributed by atoms with Crippen molar-refractivity contribution in [2.75, 3.05) is 27.4 Å². The molecule has 1 saturated carbocycles. The van der Waals surface area contributed by atoms with Gasteiger partial charge >= 0.3 is 19.2 Å². The minimum absolute atomic E-state index is 0.0232. The average molecular weight is 887 g/mol. The predicted molar refractivity (Wildman–Crippen MR) is 224 cm³/mol. The summed E-state index contributed by atoms with van der Waals surface area (Å²) in [5.41, 5.74) is -2.61. The Morgan fingerprint density at radius 1 is 0.794 bits per heavy atom. The number of H-pyrrole nitrogens is 2. The Morgan fingerprint density at radius 2 is 1.33 bits per heavy atom. The minimum Gasteiger partial charge on any atom is -0.497 e. The first-order valence-corrected chi connectivity index (χ1v) is 21.9. The van der Waals surface area contributed by atoms with E-state index in [1.807, 2.05) is 85.8 Å². The van der Waals surface area contributed by atoms with Crippen LogP contribution in [0.1, 0.15) is 53.6 Å². The van der Waals surface area contributed by atoms with Crippen LogP contribution in [0.4, 0.5) is 0 Å². The standard InChI is InChI=1S/C44H47N4O14P/c1-24-20-47(41(52)45-38(24)50)34-19-32(49)33(59-34)22-58-63(54)61-36-26(3)35-37(62-63)43(36,60-40(35)48-21-25(2)39(51)46-42(48)53)23-57-44(27-9-7-6-8-10-27,28-11-15-30(55-4)16-12-28)29-13-17-31(56-5)18-14-29/h6-18,20-21,26,32-37,40,49H,19,22-23H2,1-5H3,(H,45,50,52)(H,46,51,53)/t26-,32-,33+,34+,35+,36+,37-,40+,43-,63+/m0/s1.